The zero-order valence-electron chi connectivity index (χ0n) is 24.9. The summed E-state index contributed by atoms with van der Waals surface area (Å²) >= 11 is 0. The quantitative estimate of drug-likeness (QED) is 0.0858. The molecule has 4 nitrogen and oxygen atoms in total. The highest BCUT2D eigenvalue weighted by molar-refractivity contribution is 5.72. The van der Waals surface area contributed by atoms with Gasteiger partial charge in [0.05, 0.1) is 19.1 Å². The summed E-state index contributed by atoms with van der Waals surface area (Å²) in [6.07, 6.45) is 22.7. The van der Waals surface area contributed by atoms with E-state index in [0.29, 0.717) is 19.6 Å². The van der Waals surface area contributed by atoms with Gasteiger partial charge < -0.3 is 9.47 Å². The van der Waals surface area contributed by atoms with Gasteiger partial charge in [-0.15, -0.1) is 0 Å². The molecule has 0 saturated carbocycles. The molecule has 4 heteroatoms. The largest absolute Gasteiger partial charge is 0.466 e. The van der Waals surface area contributed by atoms with Crippen LogP contribution in [0.3, 0.4) is 0 Å². The van der Waals surface area contributed by atoms with Gasteiger partial charge in [-0.1, -0.05) is 112 Å². The maximum Gasteiger partial charge on any atom is 0.308 e. The maximum atomic E-state index is 12.3. The van der Waals surface area contributed by atoms with Crippen molar-refractivity contribution >= 4 is 11.9 Å². The molecule has 0 heterocycles. The van der Waals surface area contributed by atoms with Gasteiger partial charge in [0.2, 0.25) is 0 Å². The smallest absolute Gasteiger partial charge is 0.308 e. The Balaban J connectivity index is 3.43. The summed E-state index contributed by atoms with van der Waals surface area (Å²) in [6, 6.07) is 0. The van der Waals surface area contributed by atoms with Crippen LogP contribution in [0.25, 0.3) is 0 Å². The van der Waals surface area contributed by atoms with Crippen molar-refractivity contribution in [3.05, 3.63) is 0 Å². The molecule has 0 aliphatic carbocycles. The van der Waals surface area contributed by atoms with Gasteiger partial charge in [0.15, 0.2) is 0 Å². The van der Waals surface area contributed by atoms with Gasteiger partial charge in [0.1, 0.15) is 0 Å². The van der Waals surface area contributed by atoms with Crippen LogP contribution in [0.1, 0.15) is 163 Å². The predicted octanol–water partition coefficient (Wildman–Crippen LogP) is 9.82. The normalized spacial score (nSPS) is 12.3. The molecule has 0 bridgehead atoms. The van der Waals surface area contributed by atoms with E-state index in [9.17, 15) is 9.59 Å². The van der Waals surface area contributed by atoms with Crippen LogP contribution in [-0.2, 0) is 19.1 Å². The Morgan fingerprint density at radius 1 is 0.528 bits per heavy atom. The van der Waals surface area contributed by atoms with Crippen molar-refractivity contribution in [3.63, 3.8) is 0 Å². The van der Waals surface area contributed by atoms with Crippen LogP contribution < -0.4 is 0 Å². The molecule has 0 rings (SSSR count). The standard InChI is InChI=1S/C32H62O4/c1-6-30(32(34)36-27-21-19-23-29(4)5)24-16-14-12-10-8-7-9-11-13-15-17-25-31(33)35-26-20-18-22-28(2)3/h28-30H,6-27H2,1-5H3. The first-order valence-corrected chi connectivity index (χ1v) is 15.7. The molecule has 0 aromatic carbocycles. The Labute approximate surface area is 225 Å². The summed E-state index contributed by atoms with van der Waals surface area (Å²) < 4.78 is 10.8. The lowest BCUT2D eigenvalue weighted by atomic mass is 9.97. The van der Waals surface area contributed by atoms with E-state index in [-0.39, 0.29) is 17.9 Å². The Kier molecular flexibility index (Phi) is 24.8. The molecule has 0 aromatic rings. The van der Waals surface area contributed by atoms with Crippen LogP contribution in [-0.4, -0.2) is 25.2 Å². The minimum absolute atomic E-state index is 0.0150. The van der Waals surface area contributed by atoms with Gasteiger partial charge in [-0.3, -0.25) is 9.59 Å². The highest BCUT2D eigenvalue weighted by Crippen LogP contribution is 2.18. The summed E-state index contributed by atoms with van der Waals surface area (Å²) in [4.78, 5) is 24.0. The summed E-state index contributed by atoms with van der Waals surface area (Å²) in [5, 5.41) is 0. The Hall–Kier alpha value is -1.06. The van der Waals surface area contributed by atoms with E-state index in [4.69, 9.17) is 9.47 Å². The predicted molar refractivity (Wildman–Crippen MR) is 153 cm³/mol. The minimum Gasteiger partial charge on any atom is -0.466 e. The van der Waals surface area contributed by atoms with Crippen molar-refractivity contribution in [1.82, 2.24) is 0 Å². The Bertz CT molecular complexity index is 500. The number of rotatable bonds is 26. The molecule has 0 spiro atoms. The van der Waals surface area contributed by atoms with Crippen molar-refractivity contribution < 1.29 is 19.1 Å². The maximum absolute atomic E-state index is 12.3. The van der Waals surface area contributed by atoms with Crippen molar-refractivity contribution in [3.8, 4) is 0 Å². The number of esters is 2. The van der Waals surface area contributed by atoms with E-state index >= 15 is 0 Å². The van der Waals surface area contributed by atoms with Gasteiger partial charge in [0, 0.05) is 6.42 Å². The van der Waals surface area contributed by atoms with Crippen LogP contribution >= 0.6 is 0 Å². The first-order chi connectivity index (χ1) is 17.4. The topological polar surface area (TPSA) is 52.6 Å². The molecule has 1 atom stereocenters. The fourth-order valence-corrected chi connectivity index (χ4v) is 4.60. The summed E-state index contributed by atoms with van der Waals surface area (Å²) in [5.74, 6) is 1.56. The second-order valence-corrected chi connectivity index (χ2v) is 11.7. The number of unbranched alkanes of at least 4 members (excludes halogenated alkanes) is 12. The molecular formula is C32H62O4. The molecule has 214 valence electrons. The van der Waals surface area contributed by atoms with Crippen LogP contribution in [0, 0.1) is 17.8 Å². The van der Waals surface area contributed by atoms with E-state index in [1.807, 2.05) is 0 Å². The van der Waals surface area contributed by atoms with Gasteiger partial charge >= 0.3 is 11.9 Å². The zero-order valence-corrected chi connectivity index (χ0v) is 24.9. The van der Waals surface area contributed by atoms with E-state index < -0.39 is 0 Å². The Morgan fingerprint density at radius 2 is 0.944 bits per heavy atom. The average molecular weight is 511 g/mol. The number of hydrogen-bond donors (Lipinski definition) is 0. The van der Waals surface area contributed by atoms with Crippen LogP contribution in [0.15, 0.2) is 0 Å². The average Bonchev–Trinajstić information content (AvgIpc) is 2.83. The zero-order chi connectivity index (χ0) is 26.9. The number of carbonyl (C=O) groups excluding carboxylic acids is 2. The third-order valence-corrected chi connectivity index (χ3v) is 7.12. The Morgan fingerprint density at radius 3 is 1.42 bits per heavy atom. The lowest BCUT2D eigenvalue weighted by Gasteiger charge is -2.14. The number of carbonyl (C=O) groups is 2. The number of hydrogen-bond acceptors (Lipinski definition) is 4. The second kappa shape index (κ2) is 25.6. The molecule has 0 aromatic heterocycles. The monoisotopic (exact) mass is 510 g/mol. The molecule has 0 N–H and O–H groups in total. The highest BCUT2D eigenvalue weighted by atomic mass is 16.5. The summed E-state index contributed by atoms with van der Waals surface area (Å²) in [7, 11) is 0. The highest BCUT2D eigenvalue weighted by Gasteiger charge is 2.17. The lowest BCUT2D eigenvalue weighted by molar-refractivity contribution is -0.149. The van der Waals surface area contributed by atoms with E-state index in [1.54, 1.807) is 0 Å². The van der Waals surface area contributed by atoms with Crippen molar-refractivity contribution in [2.75, 3.05) is 13.2 Å². The molecule has 36 heavy (non-hydrogen) atoms. The van der Waals surface area contributed by atoms with Crippen LogP contribution in [0.5, 0.6) is 0 Å². The number of ether oxygens (including phenoxy) is 2. The van der Waals surface area contributed by atoms with E-state index in [0.717, 1.165) is 69.6 Å². The third kappa shape index (κ3) is 24.6. The molecule has 0 aliphatic heterocycles. The molecule has 0 saturated heterocycles. The van der Waals surface area contributed by atoms with Crippen molar-refractivity contribution in [2.45, 2.75) is 163 Å². The van der Waals surface area contributed by atoms with Gasteiger partial charge in [-0.2, -0.15) is 0 Å². The SMILES string of the molecule is CCC(CCCCCCCCCCCCCC(=O)OCCCCC(C)C)C(=O)OCCCCC(C)C. The van der Waals surface area contributed by atoms with Gasteiger partial charge in [-0.25, -0.2) is 0 Å². The molecule has 0 amide bonds. The minimum atomic E-state index is -0.0150. The summed E-state index contributed by atoms with van der Waals surface area (Å²) in [5.41, 5.74) is 0. The van der Waals surface area contributed by atoms with Gasteiger partial charge in [0.25, 0.3) is 0 Å². The fraction of sp³-hybridized carbons (Fsp3) is 0.938. The van der Waals surface area contributed by atoms with Crippen LogP contribution in [0.4, 0.5) is 0 Å². The van der Waals surface area contributed by atoms with E-state index in [1.165, 1.54) is 64.2 Å². The van der Waals surface area contributed by atoms with Gasteiger partial charge in [-0.05, 0) is 56.8 Å². The first kappa shape index (κ1) is 34.9. The first-order valence-electron chi connectivity index (χ1n) is 15.7. The summed E-state index contributed by atoms with van der Waals surface area (Å²) in [6.45, 7) is 12.2. The van der Waals surface area contributed by atoms with Crippen LogP contribution in [0.2, 0.25) is 0 Å². The molecular weight excluding hydrogens is 448 g/mol. The second-order valence-electron chi connectivity index (χ2n) is 11.7. The molecule has 0 radical (unpaired) electrons. The lowest BCUT2D eigenvalue weighted by Crippen LogP contribution is -2.17. The van der Waals surface area contributed by atoms with E-state index in [2.05, 4.69) is 34.6 Å². The fourth-order valence-electron chi connectivity index (χ4n) is 4.60. The molecule has 1 unspecified atom stereocenters. The molecule has 0 fully saturated rings. The van der Waals surface area contributed by atoms with Crippen molar-refractivity contribution in [2.24, 2.45) is 17.8 Å². The third-order valence-electron chi connectivity index (χ3n) is 7.12. The van der Waals surface area contributed by atoms with Crippen molar-refractivity contribution in [1.29, 1.82) is 0 Å². The molecule has 0 aliphatic rings.